The summed E-state index contributed by atoms with van der Waals surface area (Å²) in [5, 5.41) is 5.43. The van der Waals surface area contributed by atoms with Gasteiger partial charge in [-0.25, -0.2) is 9.99 Å². The van der Waals surface area contributed by atoms with Gasteiger partial charge in [-0.2, -0.15) is 4.98 Å². The van der Waals surface area contributed by atoms with E-state index < -0.39 is 0 Å². The largest absolute Gasteiger partial charge is 0.354 e. The van der Waals surface area contributed by atoms with E-state index in [0.29, 0.717) is 18.0 Å². The van der Waals surface area contributed by atoms with Crippen LogP contribution in [0.25, 0.3) is 0 Å². The van der Waals surface area contributed by atoms with E-state index in [0.717, 1.165) is 12.4 Å². The lowest BCUT2D eigenvalue weighted by Crippen LogP contribution is -2.47. The first-order valence-electron chi connectivity index (χ1n) is 6.82. The highest BCUT2D eigenvalue weighted by Gasteiger charge is 2.24. The van der Waals surface area contributed by atoms with Gasteiger partial charge in [-0.1, -0.05) is 6.42 Å². The zero-order valence-corrected chi connectivity index (χ0v) is 11.5. The molecule has 1 aromatic heterocycles. The summed E-state index contributed by atoms with van der Waals surface area (Å²) < 4.78 is 0. The summed E-state index contributed by atoms with van der Waals surface area (Å²) in [6.45, 7) is 7.39. The maximum atomic E-state index is 4.45. The van der Waals surface area contributed by atoms with Crippen LogP contribution in [0.1, 0.15) is 40.0 Å². The van der Waals surface area contributed by atoms with E-state index in [1.54, 1.807) is 6.20 Å². The molecule has 0 spiro atoms. The maximum Gasteiger partial charge on any atom is 0.224 e. The molecule has 1 aliphatic rings. The van der Waals surface area contributed by atoms with Crippen LogP contribution in [0.15, 0.2) is 12.3 Å². The fourth-order valence-corrected chi connectivity index (χ4v) is 2.44. The number of hydrogen-bond donors (Lipinski definition) is 2. The Balaban J connectivity index is 2.05. The van der Waals surface area contributed by atoms with E-state index in [-0.39, 0.29) is 0 Å². The second kappa shape index (κ2) is 6.00. The molecule has 1 saturated heterocycles. The van der Waals surface area contributed by atoms with E-state index in [4.69, 9.17) is 0 Å². The molecule has 2 heterocycles. The molecule has 5 nitrogen and oxygen atoms in total. The molecule has 0 radical (unpaired) electrons. The molecule has 18 heavy (non-hydrogen) atoms. The second-order valence-corrected chi connectivity index (χ2v) is 4.94. The normalized spacial score (nSPS) is 24.8. The highest BCUT2D eigenvalue weighted by atomic mass is 15.5. The Morgan fingerprint density at radius 2 is 2.06 bits per heavy atom. The van der Waals surface area contributed by atoms with Crippen LogP contribution in [0.3, 0.4) is 0 Å². The first-order chi connectivity index (χ1) is 8.70. The quantitative estimate of drug-likeness (QED) is 0.858. The first kappa shape index (κ1) is 13.1. The van der Waals surface area contributed by atoms with Gasteiger partial charge in [0.1, 0.15) is 5.82 Å². The number of nitrogens with one attached hydrogen (secondary N) is 2. The van der Waals surface area contributed by atoms with Gasteiger partial charge in [0.15, 0.2) is 0 Å². The van der Waals surface area contributed by atoms with Crippen molar-refractivity contribution in [2.45, 2.75) is 52.1 Å². The molecule has 0 aliphatic carbocycles. The van der Waals surface area contributed by atoms with Crippen molar-refractivity contribution in [3.8, 4) is 0 Å². The number of hydrazine groups is 1. The van der Waals surface area contributed by atoms with Crippen molar-refractivity contribution in [1.29, 1.82) is 0 Å². The third kappa shape index (κ3) is 3.10. The molecule has 2 N–H and O–H groups in total. The van der Waals surface area contributed by atoms with Crippen molar-refractivity contribution >= 4 is 11.8 Å². The van der Waals surface area contributed by atoms with Gasteiger partial charge in [-0.15, -0.1) is 0 Å². The summed E-state index contributed by atoms with van der Waals surface area (Å²) >= 11 is 0. The molecule has 5 heteroatoms. The van der Waals surface area contributed by atoms with E-state index >= 15 is 0 Å². The molecule has 1 aromatic rings. The van der Waals surface area contributed by atoms with Gasteiger partial charge in [-0.05, 0) is 33.6 Å². The van der Waals surface area contributed by atoms with Gasteiger partial charge in [0.25, 0.3) is 0 Å². The molecular formula is C13H23N5. The Bertz CT molecular complexity index is 371. The minimum absolute atomic E-state index is 0.547. The third-order valence-electron chi connectivity index (χ3n) is 3.43. The second-order valence-electron chi connectivity index (χ2n) is 4.94. The first-order valence-corrected chi connectivity index (χ1v) is 6.82. The lowest BCUT2D eigenvalue weighted by molar-refractivity contribution is 0.135. The molecule has 2 rings (SSSR count). The minimum atomic E-state index is 0.547. The number of anilines is 2. The highest BCUT2D eigenvalue weighted by Crippen LogP contribution is 2.22. The Kier molecular flexibility index (Phi) is 4.36. The van der Waals surface area contributed by atoms with E-state index in [1.807, 2.05) is 13.0 Å². The average Bonchev–Trinajstić information content (AvgIpc) is 2.35. The van der Waals surface area contributed by atoms with Crippen LogP contribution in [-0.4, -0.2) is 33.6 Å². The predicted molar refractivity (Wildman–Crippen MR) is 74.4 cm³/mol. The van der Waals surface area contributed by atoms with Crippen molar-refractivity contribution in [3.63, 3.8) is 0 Å². The van der Waals surface area contributed by atoms with Gasteiger partial charge < -0.3 is 10.7 Å². The molecule has 0 aromatic carbocycles. The number of aromatic nitrogens is 2. The Labute approximate surface area is 109 Å². The van der Waals surface area contributed by atoms with Crippen molar-refractivity contribution in [2.24, 2.45) is 0 Å². The Morgan fingerprint density at radius 3 is 2.72 bits per heavy atom. The number of piperidine rings is 1. The summed E-state index contributed by atoms with van der Waals surface area (Å²) in [5.74, 6) is 1.54. The fourth-order valence-electron chi connectivity index (χ4n) is 2.44. The average molecular weight is 249 g/mol. The monoisotopic (exact) mass is 249 g/mol. The highest BCUT2D eigenvalue weighted by molar-refractivity contribution is 5.38. The molecular weight excluding hydrogens is 226 g/mol. The van der Waals surface area contributed by atoms with E-state index in [2.05, 4.69) is 39.6 Å². The fraction of sp³-hybridized carbons (Fsp3) is 0.692. The topological polar surface area (TPSA) is 53.1 Å². The van der Waals surface area contributed by atoms with Gasteiger partial charge >= 0.3 is 0 Å². The summed E-state index contributed by atoms with van der Waals surface area (Å²) in [7, 11) is 0. The molecule has 2 atom stereocenters. The van der Waals surface area contributed by atoms with E-state index in [9.17, 15) is 0 Å². The SMILES string of the molecule is CCNc1nccc(NN2C(C)CCCC2C)n1. The summed E-state index contributed by atoms with van der Waals surface area (Å²) in [6, 6.07) is 3.01. The van der Waals surface area contributed by atoms with Crippen molar-refractivity contribution in [3.05, 3.63) is 12.3 Å². The lowest BCUT2D eigenvalue weighted by Gasteiger charge is -2.39. The molecule has 1 fully saturated rings. The third-order valence-corrected chi connectivity index (χ3v) is 3.43. The molecule has 0 saturated carbocycles. The van der Waals surface area contributed by atoms with Crippen LogP contribution in [0.5, 0.6) is 0 Å². The molecule has 0 amide bonds. The van der Waals surface area contributed by atoms with Crippen LogP contribution in [0, 0.1) is 0 Å². The Hall–Kier alpha value is -1.36. The van der Waals surface area contributed by atoms with Crippen LogP contribution >= 0.6 is 0 Å². The smallest absolute Gasteiger partial charge is 0.224 e. The standard InChI is InChI=1S/C13H23N5/c1-4-14-13-15-9-8-12(16-13)17-18-10(2)6-5-7-11(18)3/h8-11H,4-7H2,1-3H3,(H2,14,15,16,17). The summed E-state index contributed by atoms with van der Waals surface area (Å²) in [4.78, 5) is 8.63. The zero-order chi connectivity index (χ0) is 13.0. The predicted octanol–water partition coefficient (Wildman–Crippen LogP) is 2.50. The van der Waals surface area contributed by atoms with Crippen LogP contribution in [-0.2, 0) is 0 Å². The van der Waals surface area contributed by atoms with Gasteiger partial charge in [0.2, 0.25) is 5.95 Å². The molecule has 100 valence electrons. The van der Waals surface area contributed by atoms with Crippen LogP contribution < -0.4 is 10.7 Å². The van der Waals surface area contributed by atoms with Gasteiger partial charge in [0.05, 0.1) is 0 Å². The van der Waals surface area contributed by atoms with Crippen LogP contribution in [0.2, 0.25) is 0 Å². The van der Waals surface area contributed by atoms with Crippen molar-refractivity contribution in [1.82, 2.24) is 15.0 Å². The zero-order valence-electron chi connectivity index (χ0n) is 11.5. The summed E-state index contributed by atoms with van der Waals surface area (Å²) in [5.41, 5.74) is 3.42. The molecule has 1 aliphatic heterocycles. The summed E-state index contributed by atoms with van der Waals surface area (Å²) in [6.07, 6.45) is 5.57. The van der Waals surface area contributed by atoms with Gasteiger partial charge in [-0.3, -0.25) is 0 Å². The minimum Gasteiger partial charge on any atom is -0.354 e. The molecule has 2 unspecified atom stereocenters. The van der Waals surface area contributed by atoms with Crippen molar-refractivity contribution < 1.29 is 0 Å². The lowest BCUT2D eigenvalue weighted by atomic mass is 10.00. The number of hydrogen-bond acceptors (Lipinski definition) is 5. The Morgan fingerprint density at radius 1 is 1.33 bits per heavy atom. The van der Waals surface area contributed by atoms with Crippen LogP contribution in [0.4, 0.5) is 11.8 Å². The van der Waals surface area contributed by atoms with Gasteiger partial charge in [0, 0.05) is 30.9 Å². The number of nitrogens with zero attached hydrogens (tertiary/aromatic N) is 3. The van der Waals surface area contributed by atoms with Crippen molar-refractivity contribution in [2.75, 3.05) is 17.3 Å². The maximum absolute atomic E-state index is 4.45. The molecule has 0 bridgehead atoms. The van der Waals surface area contributed by atoms with E-state index in [1.165, 1.54) is 19.3 Å². The number of rotatable bonds is 4.